The predicted octanol–water partition coefficient (Wildman–Crippen LogP) is 1.98. The smallest absolute Gasteiger partial charge is 0.280 e. The number of fused-ring (bicyclic) bond motifs is 1. The van der Waals surface area contributed by atoms with Crippen LogP contribution in [-0.2, 0) is 0 Å². The molecular weight excluding hydrogens is 318 g/mol. The maximum absolute atomic E-state index is 12.5. The van der Waals surface area contributed by atoms with E-state index in [0.29, 0.717) is 37.1 Å². The van der Waals surface area contributed by atoms with Crippen molar-refractivity contribution in [3.63, 3.8) is 0 Å². The molecule has 2 aliphatic heterocycles. The highest BCUT2D eigenvalue weighted by Gasteiger charge is 2.42. The topological polar surface area (TPSA) is 70.6 Å². The first-order chi connectivity index (χ1) is 12.2. The van der Waals surface area contributed by atoms with E-state index < -0.39 is 0 Å². The molecule has 1 saturated heterocycles. The summed E-state index contributed by atoms with van der Waals surface area (Å²) in [6.07, 6.45) is 2.70. The van der Waals surface area contributed by atoms with Gasteiger partial charge >= 0.3 is 0 Å². The minimum absolute atomic E-state index is 0.0110. The first-order valence-corrected chi connectivity index (χ1v) is 8.34. The number of carbonyl (C=O) groups is 3. The number of carbonyl (C=O) groups excluding carboxylic acids is 3. The highest BCUT2D eigenvalue weighted by Crippen LogP contribution is 2.27. The fraction of sp³-hybridized carbons (Fsp3) is 0.263. The molecule has 0 atom stereocenters. The number of piperidine rings is 1. The molecule has 3 heterocycles. The van der Waals surface area contributed by atoms with Gasteiger partial charge in [0.2, 0.25) is 0 Å². The van der Waals surface area contributed by atoms with Crippen molar-refractivity contribution < 1.29 is 14.4 Å². The maximum atomic E-state index is 12.5. The third kappa shape index (κ3) is 2.59. The van der Waals surface area contributed by atoms with Gasteiger partial charge in [0.15, 0.2) is 0 Å². The molecule has 0 unspecified atom stereocenters. The zero-order valence-electron chi connectivity index (χ0n) is 13.6. The molecular formula is C19H17N3O3. The van der Waals surface area contributed by atoms with Gasteiger partial charge in [-0.1, -0.05) is 18.2 Å². The van der Waals surface area contributed by atoms with Crippen LogP contribution in [0.15, 0.2) is 48.7 Å². The number of aromatic nitrogens is 1. The second kappa shape index (κ2) is 6.12. The number of imide groups is 1. The second-order valence-electron chi connectivity index (χ2n) is 6.27. The monoisotopic (exact) mass is 335 g/mol. The van der Waals surface area contributed by atoms with E-state index in [4.69, 9.17) is 0 Å². The van der Waals surface area contributed by atoms with Crippen LogP contribution in [0.5, 0.6) is 0 Å². The molecule has 1 aromatic carbocycles. The summed E-state index contributed by atoms with van der Waals surface area (Å²) in [6.45, 7) is 1.05. The lowest BCUT2D eigenvalue weighted by molar-refractivity contribution is 0.0477. The van der Waals surface area contributed by atoms with E-state index in [-0.39, 0.29) is 29.5 Å². The first-order valence-electron chi connectivity index (χ1n) is 8.34. The molecule has 0 N–H and O–H groups in total. The Bertz CT molecular complexity index is 807. The van der Waals surface area contributed by atoms with E-state index in [1.54, 1.807) is 29.2 Å². The van der Waals surface area contributed by atoms with E-state index >= 15 is 0 Å². The largest absolute Gasteiger partial charge is 0.338 e. The maximum Gasteiger partial charge on any atom is 0.280 e. The van der Waals surface area contributed by atoms with E-state index in [0.717, 1.165) is 0 Å². The Kier molecular flexibility index (Phi) is 3.80. The molecule has 2 aromatic rings. The SMILES string of the molecule is O=C(c1ccccc1)N1CCC(N2C(=O)c3cccnc3C2=O)CC1. The predicted molar refractivity (Wildman–Crippen MR) is 90.1 cm³/mol. The van der Waals surface area contributed by atoms with Crippen LogP contribution >= 0.6 is 0 Å². The van der Waals surface area contributed by atoms with Gasteiger partial charge in [-0.15, -0.1) is 0 Å². The minimum atomic E-state index is -0.326. The van der Waals surface area contributed by atoms with Gasteiger partial charge in [0.05, 0.1) is 5.56 Å². The molecule has 4 rings (SSSR count). The molecule has 1 fully saturated rings. The third-order valence-electron chi connectivity index (χ3n) is 4.82. The Balaban J connectivity index is 1.46. The van der Waals surface area contributed by atoms with E-state index in [9.17, 15) is 14.4 Å². The van der Waals surface area contributed by atoms with Gasteiger partial charge in [-0.05, 0) is 37.1 Å². The molecule has 25 heavy (non-hydrogen) atoms. The number of hydrogen-bond acceptors (Lipinski definition) is 4. The van der Waals surface area contributed by atoms with Gasteiger partial charge in [0.1, 0.15) is 5.69 Å². The van der Waals surface area contributed by atoms with E-state index in [1.807, 2.05) is 18.2 Å². The molecule has 0 radical (unpaired) electrons. The van der Waals surface area contributed by atoms with Crippen molar-refractivity contribution in [3.05, 3.63) is 65.5 Å². The lowest BCUT2D eigenvalue weighted by Gasteiger charge is -2.35. The molecule has 1 aromatic heterocycles. The Labute approximate surface area is 145 Å². The summed E-state index contributed by atoms with van der Waals surface area (Å²) in [5.41, 5.74) is 1.26. The number of benzene rings is 1. The zero-order valence-corrected chi connectivity index (χ0v) is 13.6. The first kappa shape index (κ1) is 15.5. The van der Waals surface area contributed by atoms with Gasteiger partial charge in [-0.2, -0.15) is 0 Å². The van der Waals surface area contributed by atoms with Crippen LogP contribution in [-0.4, -0.2) is 51.6 Å². The molecule has 6 nitrogen and oxygen atoms in total. The number of hydrogen-bond donors (Lipinski definition) is 0. The fourth-order valence-electron chi connectivity index (χ4n) is 3.51. The summed E-state index contributed by atoms with van der Waals surface area (Å²) in [7, 11) is 0. The standard InChI is InChI=1S/C19H17N3O3/c23-17(13-5-2-1-3-6-13)21-11-8-14(9-12-21)22-18(24)15-7-4-10-20-16(15)19(22)25/h1-7,10,14H,8-9,11-12H2. The quantitative estimate of drug-likeness (QED) is 0.787. The van der Waals surface area contributed by atoms with Gasteiger partial charge in [-0.25, -0.2) is 0 Å². The zero-order chi connectivity index (χ0) is 17.4. The van der Waals surface area contributed by atoms with Crippen LogP contribution in [0.3, 0.4) is 0 Å². The second-order valence-corrected chi connectivity index (χ2v) is 6.27. The summed E-state index contributed by atoms with van der Waals surface area (Å²) in [5, 5.41) is 0. The van der Waals surface area contributed by atoms with Crippen molar-refractivity contribution in [2.75, 3.05) is 13.1 Å². The van der Waals surface area contributed by atoms with Crippen LogP contribution in [0, 0.1) is 0 Å². The highest BCUT2D eigenvalue weighted by molar-refractivity contribution is 6.20. The van der Waals surface area contributed by atoms with Gasteiger partial charge in [0, 0.05) is 30.9 Å². The van der Waals surface area contributed by atoms with Crippen LogP contribution in [0.4, 0.5) is 0 Å². The van der Waals surface area contributed by atoms with Gasteiger partial charge in [0.25, 0.3) is 17.7 Å². The van der Waals surface area contributed by atoms with Crippen LogP contribution in [0.2, 0.25) is 0 Å². The van der Waals surface area contributed by atoms with Crippen molar-refractivity contribution in [1.82, 2.24) is 14.8 Å². The van der Waals surface area contributed by atoms with Crippen LogP contribution in [0.1, 0.15) is 44.0 Å². The summed E-state index contributed by atoms with van der Waals surface area (Å²) in [5.74, 6) is -0.613. The van der Waals surface area contributed by atoms with Crippen molar-refractivity contribution in [1.29, 1.82) is 0 Å². The van der Waals surface area contributed by atoms with Crippen molar-refractivity contribution in [3.8, 4) is 0 Å². The average molecular weight is 335 g/mol. The van der Waals surface area contributed by atoms with Crippen LogP contribution in [0.25, 0.3) is 0 Å². The molecule has 0 aliphatic carbocycles. The summed E-state index contributed by atoms with van der Waals surface area (Å²) < 4.78 is 0. The lowest BCUT2D eigenvalue weighted by Crippen LogP contribution is -2.48. The molecule has 6 heteroatoms. The number of nitrogens with zero attached hydrogens (tertiary/aromatic N) is 3. The van der Waals surface area contributed by atoms with Crippen LogP contribution < -0.4 is 0 Å². The highest BCUT2D eigenvalue weighted by atomic mass is 16.2. The molecule has 0 saturated carbocycles. The van der Waals surface area contributed by atoms with E-state index in [1.165, 1.54) is 11.1 Å². The molecule has 0 spiro atoms. The third-order valence-corrected chi connectivity index (χ3v) is 4.82. The Morgan fingerprint density at radius 3 is 2.36 bits per heavy atom. The summed E-state index contributed by atoms with van der Waals surface area (Å²) in [4.78, 5) is 44.7. The molecule has 3 amide bonds. The van der Waals surface area contributed by atoms with Gasteiger partial charge < -0.3 is 4.90 Å². The number of amides is 3. The van der Waals surface area contributed by atoms with E-state index in [2.05, 4.69) is 4.98 Å². The average Bonchev–Trinajstić information content (AvgIpc) is 2.93. The summed E-state index contributed by atoms with van der Waals surface area (Å²) >= 11 is 0. The summed E-state index contributed by atoms with van der Waals surface area (Å²) in [6, 6.07) is 12.3. The van der Waals surface area contributed by atoms with Gasteiger partial charge in [-0.3, -0.25) is 24.3 Å². The van der Waals surface area contributed by atoms with Crippen molar-refractivity contribution in [2.45, 2.75) is 18.9 Å². The minimum Gasteiger partial charge on any atom is -0.338 e. The number of rotatable bonds is 2. The Hall–Kier alpha value is -3.02. The number of likely N-dealkylation sites (tertiary alicyclic amines) is 1. The molecule has 126 valence electrons. The normalized spacial score (nSPS) is 17.8. The Morgan fingerprint density at radius 2 is 1.68 bits per heavy atom. The fourth-order valence-corrected chi connectivity index (χ4v) is 3.51. The molecule has 2 aliphatic rings. The Morgan fingerprint density at radius 1 is 0.960 bits per heavy atom. The number of pyridine rings is 1. The van der Waals surface area contributed by atoms with Crippen molar-refractivity contribution >= 4 is 17.7 Å². The van der Waals surface area contributed by atoms with Crippen molar-refractivity contribution in [2.24, 2.45) is 0 Å². The lowest BCUT2D eigenvalue weighted by atomic mass is 10.0. The molecule has 0 bridgehead atoms.